The van der Waals surface area contributed by atoms with Crippen molar-refractivity contribution in [2.24, 2.45) is 0 Å². The molecule has 2 N–H and O–H groups in total. The summed E-state index contributed by atoms with van der Waals surface area (Å²) in [4.78, 5) is 27.1. The monoisotopic (exact) mass is 505 g/mol. The molecule has 0 heterocycles. The zero-order valence-electron chi connectivity index (χ0n) is 17.1. The van der Waals surface area contributed by atoms with E-state index in [9.17, 15) is 19.8 Å². The van der Waals surface area contributed by atoms with Gasteiger partial charge in [0.05, 0.1) is 36.8 Å². The Labute approximate surface area is 201 Å². The van der Waals surface area contributed by atoms with Gasteiger partial charge in [-0.05, 0) is 25.0 Å². The maximum atomic E-state index is 13.2. The van der Waals surface area contributed by atoms with Gasteiger partial charge >= 0.3 is 5.97 Å². The van der Waals surface area contributed by atoms with Gasteiger partial charge in [-0.25, -0.2) is 4.79 Å². The first-order valence-electron chi connectivity index (χ1n) is 9.87. The number of hydrogen-bond acceptors (Lipinski definition) is 4. The molecule has 0 fully saturated rings. The SMILES string of the molecule is CCCCN(CCCC)c1ccc(C(=O)c2c(Cl)c(Cl)c(Cl)c(Cl)c2C(=O)O)c(O)c1. The van der Waals surface area contributed by atoms with E-state index in [0.717, 1.165) is 44.5 Å². The molecule has 0 atom stereocenters. The lowest BCUT2D eigenvalue weighted by atomic mass is 9.97. The van der Waals surface area contributed by atoms with Crippen molar-refractivity contribution in [1.82, 2.24) is 0 Å². The Morgan fingerprint density at radius 3 is 1.84 bits per heavy atom. The van der Waals surface area contributed by atoms with E-state index in [1.807, 2.05) is 0 Å². The third-order valence-electron chi connectivity index (χ3n) is 4.86. The third kappa shape index (κ3) is 5.58. The number of carboxylic acid groups (broad SMARTS) is 1. The lowest BCUT2D eigenvalue weighted by Gasteiger charge is -2.25. The number of carboxylic acids is 1. The molecule has 0 unspecified atom stereocenters. The number of anilines is 1. The van der Waals surface area contributed by atoms with E-state index < -0.39 is 27.9 Å². The zero-order valence-corrected chi connectivity index (χ0v) is 20.2. The van der Waals surface area contributed by atoms with Crippen LogP contribution in [0.3, 0.4) is 0 Å². The molecule has 168 valence electrons. The van der Waals surface area contributed by atoms with E-state index >= 15 is 0 Å². The summed E-state index contributed by atoms with van der Waals surface area (Å²) in [5, 5.41) is 18.9. The maximum absolute atomic E-state index is 13.2. The van der Waals surface area contributed by atoms with Crippen molar-refractivity contribution >= 4 is 63.8 Å². The second-order valence-corrected chi connectivity index (χ2v) is 8.55. The summed E-state index contributed by atoms with van der Waals surface area (Å²) in [7, 11) is 0. The van der Waals surface area contributed by atoms with E-state index in [4.69, 9.17) is 46.4 Å². The largest absolute Gasteiger partial charge is 0.507 e. The average molecular weight is 507 g/mol. The lowest BCUT2D eigenvalue weighted by molar-refractivity contribution is 0.0693. The Hall–Kier alpha value is -1.66. The van der Waals surface area contributed by atoms with Crippen molar-refractivity contribution in [3.05, 3.63) is 55.0 Å². The Morgan fingerprint density at radius 2 is 1.39 bits per heavy atom. The van der Waals surface area contributed by atoms with Crippen LogP contribution in [0.25, 0.3) is 0 Å². The van der Waals surface area contributed by atoms with Crippen molar-refractivity contribution in [3.8, 4) is 5.75 Å². The van der Waals surface area contributed by atoms with Gasteiger partial charge in [0, 0.05) is 24.8 Å². The molecule has 5 nitrogen and oxygen atoms in total. The number of aromatic hydroxyl groups is 1. The highest BCUT2D eigenvalue weighted by Crippen LogP contribution is 2.43. The minimum absolute atomic E-state index is 0.117. The van der Waals surface area contributed by atoms with Gasteiger partial charge in [0.1, 0.15) is 5.75 Å². The van der Waals surface area contributed by atoms with Crippen molar-refractivity contribution in [3.63, 3.8) is 0 Å². The van der Waals surface area contributed by atoms with Crippen LogP contribution in [0.2, 0.25) is 20.1 Å². The highest BCUT2D eigenvalue weighted by atomic mass is 35.5. The van der Waals surface area contributed by atoms with Gasteiger partial charge in [0.2, 0.25) is 0 Å². The second kappa shape index (κ2) is 11.3. The molecule has 0 aliphatic carbocycles. The molecule has 2 aromatic rings. The molecule has 0 bridgehead atoms. The quantitative estimate of drug-likeness (QED) is 0.200. The number of carbonyl (C=O) groups excluding carboxylic acids is 1. The molecule has 2 rings (SSSR count). The van der Waals surface area contributed by atoms with Crippen LogP contribution < -0.4 is 4.90 Å². The predicted octanol–water partition coefficient (Wildman–Crippen LogP) is 7.34. The molecular weight excluding hydrogens is 484 g/mol. The molecule has 0 radical (unpaired) electrons. The zero-order chi connectivity index (χ0) is 23.3. The van der Waals surface area contributed by atoms with Gasteiger partial charge in [-0.15, -0.1) is 0 Å². The van der Waals surface area contributed by atoms with Gasteiger partial charge in [-0.2, -0.15) is 0 Å². The summed E-state index contributed by atoms with van der Waals surface area (Å²) in [5.74, 6) is -2.61. The van der Waals surface area contributed by atoms with Gasteiger partial charge in [0.25, 0.3) is 0 Å². The van der Waals surface area contributed by atoms with Crippen LogP contribution in [-0.2, 0) is 0 Å². The molecule has 0 amide bonds. The predicted molar refractivity (Wildman–Crippen MR) is 127 cm³/mol. The molecule has 0 aliphatic rings. The summed E-state index contributed by atoms with van der Waals surface area (Å²) in [6.07, 6.45) is 4.04. The molecule has 31 heavy (non-hydrogen) atoms. The lowest BCUT2D eigenvalue weighted by Crippen LogP contribution is -2.25. The third-order valence-corrected chi connectivity index (χ3v) is 6.66. The minimum atomic E-state index is -1.49. The number of benzene rings is 2. The standard InChI is InChI=1S/C22H23Cl4NO4/c1-3-5-9-27(10-6-4-2)12-7-8-13(14(28)11-12)21(29)15-16(22(30)31)18(24)20(26)19(25)17(15)23/h7-8,11,28H,3-6,9-10H2,1-2H3,(H,30,31). The molecule has 0 aromatic heterocycles. The smallest absolute Gasteiger partial charge is 0.338 e. The molecule has 0 saturated heterocycles. The van der Waals surface area contributed by atoms with Crippen LogP contribution in [0.5, 0.6) is 5.75 Å². The summed E-state index contributed by atoms with van der Waals surface area (Å²) in [6, 6.07) is 4.65. The number of rotatable bonds is 10. The summed E-state index contributed by atoms with van der Waals surface area (Å²) >= 11 is 24.2. The fraction of sp³-hybridized carbons (Fsp3) is 0.364. The highest BCUT2D eigenvalue weighted by Gasteiger charge is 2.30. The van der Waals surface area contributed by atoms with E-state index in [0.29, 0.717) is 0 Å². The van der Waals surface area contributed by atoms with Crippen LogP contribution in [0, 0.1) is 0 Å². The summed E-state index contributed by atoms with van der Waals surface area (Å²) in [5.41, 5.74) is -0.339. The van der Waals surface area contributed by atoms with Crippen LogP contribution in [-0.4, -0.2) is 35.1 Å². The summed E-state index contributed by atoms with van der Waals surface area (Å²) in [6.45, 7) is 5.84. The Morgan fingerprint density at radius 1 is 0.871 bits per heavy atom. The van der Waals surface area contributed by atoms with Crippen molar-refractivity contribution < 1.29 is 19.8 Å². The average Bonchev–Trinajstić information content (AvgIpc) is 2.74. The number of hydrogen-bond donors (Lipinski definition) is 2. The minimum Gasteiger partial charge on any atom is -0.507 e. The van der Waals surface area contributed by atoms with Gasteiger partial charge in [-0.1, -0.05) is 73.1 Å². The van der Waals surface area contributed by atoms with Crippen molar-refractivity contribution in [1.29, 1.82) is 0 Å². The maximum Gasteiger partial charge on any atom is 0.338 e. The fourth-order valence-electron chi connectivity index (χ4n) is 3.16. The molecular formula is C22H23Cl4NO4. The number of carbonyl (C=O) groups is 2. The van der Waals surface area contributed by atoms with Crippen molar-refractivity contribution in [2.45, 2.75) is 39.5 Å². The second-order valence-electron chi connectivity index (χ2n) is 7.04. The Balaban J connectivity index is 2.54. The number of phenolic OH excluding ortho intramolecular Hbond substituents is 1. The van der Waals surface area contributed by atoms with Gasteiger partial charge in [-0.3, -0.25) is 4.79 Å². The van der Waals surface area contributed by atoms with Crippen LogP contribution in [0.1, 0.15) is 65.8 Å². The fourth-order valence-corrected chi connectivity index (χ4v) is 4.18. The number of phenols is 1. The van der Waals surface area contributed by atoms with E-state index in [-0.39, 0.29) is 26.4 Å². The number of ketones is 1. The first-order valence-corrected chi connectivity index (χ1v) is 11.4. The van der Waals surface area contributed by atoms with Crippen molar-refractivity contribution in [2.75, 3.05) is 18.0 Å². The normalized spacial score (nSPS) is 10.9. The van der Waals surface area contributed by atoms with E-state index in [1.165, 1.54) is 12.1 Å². The van der Waals surface area contributed by atoms with E-state index in [1.54, 1.807) is 6.07 Å². The van der Waals surface area contributed by atoms with E-state index in [2.05, 4.69) is 18.7 Å². The first kappa shape index (κ1) is 25.6. The number of halogens is 4. The Kier molecular flexibility index (Phi) is 9.31. The molecule has 0 saturated carbocycles. The highest BCUT2D eigenvalue weighted by molar-refractivity contribution is 6.54. The first-order chi connectivity index (χ1) is 14.6. The van der Waals surface area contributed by atoms with Gasteiger partial charge < -0.3 is 15.1 Å². The topological polar surface area (TPSA) is 77.8 Å². The Bertz CT molecular complexity index is 986. The number of unbranched alkanes of at least 4 members (excludes halogenated alkanes) is 2. The van der Waals surface area contributed by atoms with Crippen LogP contribution >= 0.6 is 46.4 Å². The molecule has 0 aliphatic heterocycles. The molecule has 9 heteroatoms. The molecule has 2 aromatic carbocycles. The molecule has 0 spiro atoms. The van der Waals surface area contributed by atoms with Crippen LogP contribution in [0.15, 0.2) is 18.2 Å². The van der Waals surface area contributed by atoms with Gasteiger partial charge in [0.15, 0.2) is 5.78 Å². The summed E-state index contributed by atoms with van der Waals surface area (Å²) < 4.78 is 0. The number of aromatic carboxylic acids is 1. The van der Waals surface area contributed by atoms with Crippen LogP contribution in [0.4, 0.5) is 5.69 Å². The number of nitrogens with zero attached hydrogens (tertiary/aromatic N) is 1.